The summed E-state index contributed by atoms with van der Waals surface area (Å²) >= 11 is 0. The first-order valence-corrected chi connectivity index (χ1v) is 7.26. The molecule has 17 heavy (non-hydrogen) atoms. The van der Waals surface area contributed by atoms with Gasteiger partial charge >= 0.3 is 0 Å². The monoisotopic (exact) mass is 238 g/mol. The average molecular weight is 238 g/mol. The Morgan fingerprint density at radius 2 is 1.88 bits per heavy atom. The number of carbonyl (C=O) groups is 1. The summed E-state index contributed by atoms with van der Waals surface area (Å²) in [7, 11) is 0. The van der Waals surface area contributed by atoms with Gasteiger partial charge in [-0.2, -0.15) is 0 Å². The second-order valence-electron chi connectivity index (χ2n) is 5.83. The molecule has 3 nitrogen and oxygen atoms in total. The van der Waals surface area contributed by atoms with E-state index in [9.17, 15) is 4.79 Å². The highest BCUT2D eigenvalue weighted by atomic mass is 16.1. The Hall–Kier alpha value is -0.570. The quantitative estimate of drug-likeness (QED) is 0.744. The highest BCUT2D eigenvalue weighted by Gasteiger charge is 2.22. The highest BCUT2D eigenvalue weighted by molar-refractivity contribution is 5.78. The Balaban J connectivity index is 1.58. The van der Waals surface area contributed by atoms with Crippen LogP contribution in [-0.2, 0) is 4.79 Å². The lowest BCUT2D eigenvalue weighted by molar-refractivity contribution is -0.121. The molecule has 2 saturated carbocycles. The average Bonchev–Trinajstić information content (AvgIpc) is 3.14. The van der Waals surface area contributed by atoms with Crippen LogP contribution in [-0.4, -0.2) is 25.0 Å². The summed E-state index contributed by atoms with van der Waals surface area (Å²) in [5.41, 5.74) is 0. The molecule has 1 atom stereocenters. The minimum atomic E-state index is 0.170. The van der Waals surface area contributed by atoms with Crippen LogP contribution < -0.4 is 10.6 Å². The van der Waals surface area contributed by atoms with Crippen LogP contribution in [0, 0.1) is 11.8 Å². The standard InChI is InChI=1S/C14H26N2O/c1-11(13-5-3-2-4-6-13)16-14(17)10-15-9-12-7-8-12/h11-13,15H,2-10H2,1H3,(H,16,17)/t11-/m1/s1. The summed E-state index contributed by atoms with van der Waals surface area (Å²) in [6.45, 7) is 3.67. The smallest absolute Gasteiger partial charge is 0.234 e. The van der Waals surface area contributed by atoms with Crippen molar-refractivity contribution in [2.45, 2.75) is 57.9 Å². The van der Waals surface area contributed by atoms with Gasteiger partial charge in [0.2, 0.25) is 5.91 Å². The van der Waals surface area contributed by atoms with E-state index in [1.165, 1.54) is 44.9 Å². The first kappa shape index (κ1) is 12.9. The van der Waals surface area contributed by atoms with Crippen LogP contribution in [0.1, 0.15) is 51.9 Å². The first-order valence-electron chi connectivity index (χ1n) is 7.26. The van der Waals surface area contributed by atoms with E-state index in [1.54, 1.807) is 0 Å². The molecule has 2 rings (SSSR count). The lowest BCUT2D eigenvalue weighted by atomic mass is 9.84. The van der Waals surface area contributed by atoms with Gasteiger partial charge in [-0.1, -0.05) is 19.3 Å². The molecule has 2 fully saturated rings. The van der Waals surface area contributed by atoms with Crippen LogP contribution >= 0.6 is 0 Å². The zero-order valence-electron chi connectivity index (χ0n) is 11.0. The van der Waals surface area contributed by atoms with Crippen LogP contribution in [0.2, 0.25) is 0 Å². The molecule has 2 N–H and O–H groups in total. The maximum absolute atomic E-state index is 11.7. The van der Waals surface area contributed by atoms with Gasteiger partial charge in [-0.25, -0.2) is 0 Å². The molecule has 2 aliphatic rings. The van der Waals surface area contributed by atoms with Crippen molar-refractivity contribution in [3.63, 3.8) is 0 Å². The van der Waals surface area contributed by atoms with Crippen molar-refractivity contribution in [2.24, 2.45) is 11.8 Å². The lowest BCUT2D eigenvalue weighted by Gasteiger charge is -2.28. The molecular weight excluding hydrogens is 212 g/mol. The molecule has 0 unspecified atom stereocenters. The Morgan fingerprint density at radius 1 is 1.18 bits per heavy atom. The van der Waals surface area contributed by atoms with Crippen LogP contribution in [0.5, 0.6) is 0 Å². The van der Waals surface area contributed by atoms with Gasteiger partial charge in [-0.05, 0) is 51.0 Å². The van der Waals surface area contributed by atoms with Gasteiger partial charge in [-0.15, -0.1) is 0 Å². The molecule has 2 aliphatic carbocycles. The van der Waals surface area contributed by atoms with Gasteiger partial charge in [0, 0.05) is 6.04 Å². The van der Waals surface area contributed by atoms with E-state index in [2.05, 4.69) is 17.6 Å². The largest absolute Gasteiger partial charge is 0.352 e. The fourth-order valence-electron chi connectivity index (χ4n) is 2.77. The predicted octanol–water partition coefficient (Wildman–Crippen LogP) is 2.07. The molecule has 98 valence electrons. The Morgan fingerprint density at radius 3 is 2.53 bits per heavy atom. The second kappa shape index (κ2) is 6.39. The van der Waals surface area contributed by atoms with Crippen LogP contribution in [0.25, 0.3) is 0 Å². The fraction of sp³-hybridized carbons (Fsp3) is 0.929. The molecule has 3 heteroatoms. The Bertz CT molecular complexity index is 245. The minimum absolute atomic E-state index is 0.170. The van der Waals surface area contributed by atoms with Crippen molar-refractivity contribution >= 4 is 5.91 Å². The van der Waals surface area contributed by atoms with Crippen molar-refractivity contribution in [3.8, 4) is 0 Å². The van der Waals surface area contributed by atoms with Crippen molar-refractivity contribution in [1.82, 2.24) is 10.6 Å². The van der Waals surface area contributed by atoms with Gasteiger partial charge in [0.05, 0.1) is 6.54 Å². The van der Waals surface area contributed by atoms with E-state index in [0.29, 0.717) is 18.5 Å². The van der Waals surface area contributed by atoms with Gasteiger partial charge in [0.1, 0.15) is 0 Å². The minimum Gasteiger partial charge on any atom is -0.352 e. The molecule has 0 aromatic rings. The van der Waals surface area contributed by atoms with Crippen LogP contribution in [0.15, 0.2) is 0 Å². The third-order valence-corrected chi connectivity index (χ3v) is 4.16. The third kappa shape index (κ3) is 4.66. The Labute approximate surface area is 105 Å². The summed E-state index contributed by atoms with van der Waals surface area (Å²) in [4.78, 5) is 11.7. The number of amides is 1. The van der Waals surface area contributed by atoms with E-state index in [-0.39, 0.29) is 5.91 Å². The van der Waals surface area contributed by atoms with Crippen molar-refractivity contribution < 1.29 is 4.79 Å². The number of hydrogen-bond acceptors (Lipinski definition) is 2. The number of rotatable bonds is 6. The number of hydrogen-bond donors (Lipinski definition) is 2. The van der Waals surface area contributed by atoms with Crippen molar-refractivity contribution in [1.29, 1.82) is 0 Å². The molecule has 0 saturated heterocycles. The number of carbonyl (C=O) groups excluding carboxylic acids is 1. The summed E-state index contributed by atoms with van der Waals surface area (Å²) in [6, 6.07) is 0.352. The van der Waals surface area contributed by atoms with Crippen molar-refractivity contribution in [2.75, 3.05) is 13.1 Å². The van der Waals surface area contributed by atoms with E-state index >= 15 is 0 Å². The molecule has 1 amide bonds. The summed E-state index contributed by atoms with van der Waals surface area (Å²) in [5, 5.41) is 6.39. The first-order chi connectivity index (χ1) is 8.25. The van der Waals surface area contributed by atoms with E-state index in [4.69, 9.17) is 0 Å². The van der Waals surface area contributed by atoms with Gasteiger partial charge in [0.25, 0.3) is 0 Å². The molecule has 0 bridgehead atoms. The molecule has 0 radical (unpaired) electrons. The highest BCUT2D eigenvalue weighted by Crippen LogP contribution is 2.27. The molecule has 0 aromatic heterocycles. The van der Waals surface area contributed by atoms with Gasteiger partial charge < -0.3 is 10.6 Å². The van der Waals surface area contributed by atoms with Gasteiger partial charge in [0.15, 0.2) is 0 Å². The van der Waals surface area contributed by atoms with Crippen LogP contribution in [0.3, 0.4) is 0 Å². The summed E-state index contributed by atoms with van der Waals surface area (Å²) < 4.78 is 0. The second-order valence-corrected chi connectivity index (χ2v) is 5.83. The predicted molar refractivity (Wildman–Crippen MR) is 69.8 cm³/mol. The third-order valence-electron chi connectivity index (χ3n) is 4.16. The zero-order chi connectivity index (χ0) is 12.1. The Kier molecular flexibility index (Phi) is 4.84. The molecular formula is C14H26N2O. The maximum atomic E-state index is 11.7. The van der Waals surface area contributed by atoms with E-state index in [1.807, 2.05) is 0 Å². The molecule has 0 spiro atoms. The summed E-state index contributed by atoms with van der Waals surface area (Å²) in [5.74, 6) is 1.72. The van der Waals surface area contributed by atoms with Crippen molar-refractivity contribution in [3.05, 3.63) is 0 Å². The zero-order valence-corrected chi connectivity index (χ0v) is 11.0. The lowest BCUT2D eigenvalue weighted by Crippen LogP contribution is -2.43. The summed E-state index contributed by atoms with van der Waals surface area (Å²) in [6.07, 6.45) is 9.31. The topological polar surface area (TPSA) is 41.1 Å². The van der Waals surface area contributed by atoms with E-state index < -0.39 is 0 Å². The van der Waals surface area contributed by atoms with Crippen LogP contribution in [0.4, 0.5) is 0 Å². The van der Waals surface area contributed by atoms with Gasteiger partial charge in [-0.3, -0.25) is 4.79 Å². The van der Waals surface area contributed by atoms with E-state index in [0.717, 1.165) is 12.5 Å². The maximum Gasteiger partial charge on any atom is 0.234 e. The fourth-order valence-corrected chi connectivity index (χ4v) is 2.77. The molecule has 0 aromatic carbocycles. The molecule has 0 aliphatic heterocycles. The normalized spacial score (nSPS) is 23.4. The molecule has 0 heterocycles. The SMILES string of the molecule is C[C@@H](NC(=O)CNCC1CC1)C1CCCCC1. The number of nitrogens with one attached hydrogen (secondary N) is 2.